The molecule has 8 N–H and O–H groups in total. The van der Waals surface area contributed by atoms with E-state index in [1.165, 1.54) is 0 Å². The summed E-state index contributed by atoms with van der Waals surface area (Å²) in [7, 11) is 0. The molecular weight excluding hydrogens is 312 g/mol. The van der Waals surface area contributed by atoms with Gasteiger partial charge >= 0.3 is 0 Å². The predicted octanol–water partition coefficient (Wildman–Crippen LogP) is 3.76. The van der Waals surface area contributed by atoms with Gasteiger partial charge in [-0.1, -0.05) is 6.07 Å². The molecule has 0 aromatic heterocycles. The van der Waals surface area contributed by atoms with Crippen molar-refractivity contribution in [2.45, 2.75) is 23.6 Å². The van der Waals surface area contributed by atoms with Crippen LogP contribution in [0.4, 0.5) is 22.7 Å². The number of nitrogens with two attached hydrogens (primary N) is 4. The van der Waals surface area contributed by atoms with Crippen molar-refractivity contribution in [2.75, 3.05) is 35.4 Å². The molecule has 0 aliphatic carbocycles. The molecule has 2 aromatic rings. The molecule has 0 atom stereocenters. The number of aryl methyl sites for hydroxylation is 1. The number of hydrogen-bond donors (Lipinski definition) is 4. The standard InChI is InChI=1S/C9H14N2S2.C7H10N2/c1-5-8(10)6(12-2)4-7(13-3)9(5)11;1-5-2-3-6(8)4-7(5)9/h4H,10-11H2,1-3H3;2-4H,8-9H2,1H3. The van der Waals surface area contributed by atoms with Gasteiger partial charge in [-0.2, -0.15) is 0 Å². The van der Waals surface area contributed by atoms with Crippen LogP contribution in [0.5, 0.6) is 0 Å². The van der Waals surface area contributed by atoms with Gasteiger partial charge in [-0.3, -0.25) is 0 Å². The predicted molar refractivity (Wildman–Crippen MR) is 104 cm³/mol. The van der Waals surface area contributed by atoms with Gasteiger partial charge in [-0.25, -0.2) is 0 Å². The van der Waals surface area contributed by atoms with Crippen LogP contribution >= 0.6 is 23.5 Å². The number of thioether (sulfide) groups is 2. The van der Waals surface area contributed by atoms with Crippen LogP contribution in [-0.2, 0) is 0 Å². The summed E-state index contributed by atoms with van der Waals surface area (Å²) in [6, 6.07) is 7.55. The lowest BCUT2D eigenvalue weighted by Gasteiger charge is -2.12. The fourth-order valence-electron chi connectivity index (χ4n) is 1.79. The summed E-state index contributed by atoms with van der Waals surface area (Å²) in [5.41, 5.74) is 28.0. The molecule has 0 saturated heterocycles. The van der Waals surface area contributed by atoms with Crippen LogP contribution in [-0.4, -0.2) is 12.5 Å². The lowest BCUT2D eigenvalue weighted by molar-refractivity contribution is 1.28. The zero-order valence-corrected chi connectivity index (χ0v) is 15.1. The minimum Gasteiger partial charge on any atom is -0.399 e. The molecule has 22 heavy (non-hydrogen) atoms. The van der Waals surface area contributed by atoms with Gasteiger partial charge in [0.05, 0.1) is 11.4 Å². The largest absolute Gasteiger partial charge is 0.399 e. The van der Waals surface area contributed by atoms with Gasteiger partial charge in [-0.05, 0) is 55.7 Å². The summed E-state index contributed by atoms with van der Waals surface area (Å²) in [4.78, 5) is 2.21. The zero-order chi connectivity index (χ0) is 16.9. The second-order valence-electron chi connectivity index (χ2n) is 4.85. The highest BCUT2D eigenvalue weighted by Gasteiger charge is 2.09. The summed E-state index contributed by atoms with van der Waals surface area (Å²) in [6.45, 7) is 3.92. The molecule has 0 amide bonds. The lowest BCUT2D eigenvalue weighted by atomic mass is 10.1. The van der Waals surface area contributed by atoms with E-state index in [0.29, 0.717) is 0 Å². The second kappa shape index (κ2) is 8.10. The highest BCUT2D eigenvalue weighted by molar-refractivity contribution is 7.99. The summed E-state index contributed by atoms with van der Waals surface area (Å²) in [6.07, 6.45) is 4.04. The fourth-order valence-corrected chi connectivity index (χ4v) is 3.08. The van der Waals surface area contributed by atoms with Crippen LogP contribution in [0.1, 0.15) is 11.1 Å². The third kappa shape index (κ3) is 4.42. The van der Waals surface area contributed by atoms with Crippen molar-refractivity contribution in [3.05, 3.63) is 35.4 Å². The Labute approximate surface area is 141 Å². The molecule has 2 rings (SSSR count). The van der Waals surface area contributed by atoms with Crippen molar-refractivity contribution in [2.24, 2.45) is 0 Å². The van der Waals surface area contributed by atoms with Crippen molar-refractivity contribution < 1.29 is 0 Å². The van der Waals surface area contributed by atoms with E-state index in [1.807, 2.05) is 44.6 Å². The Hall–Kier alpha value is -1.66. The molecule has 6 heteroatoms. The van der Waals surface area contributed by atoms with Gasteiger partial charge in [0, 0.05) is 21.2 Å². The Bertz CT molecular complexity index is 629. The Kier molecular flexibility index (Phi) is 6.77. The van der Waals surface area contributed by atoms with Crippen molar-refractivity contribution >= 4 is 46.3 Å². The van der Waals surface area contributed by atoms with Gasteiger partial charge in [0.2, 0.25) is 0 Å². The van der Waals surface area contributed by atoms with Gasteiger partial charge in [0.15, 0.2) is 0 Å². The Balaban J connectivity index is 0.000000235. The van der Waals surface area contributed by atoms with Crippen molar-refractivity contribution in [3.63, 3.8) is 0 Å². The topological polar surface area (TPSA) is 104 Å². The average Bonchev–Trinajstić information content (AvgIpc) is 2.50. The third-order valence-corrected chi connectivity index (χ3v) is 4.90. The molecule has 0 spiro atoms. The molecular formula is C16H24N4S2. The van der Waals surface area contributed by atoms with Crippen molar-refractivity contribution in [1.29, 1.82) is 0 Å². The molecule has 0 saturated carbocycles. The monoisotopic (exact) mass is 336 g/mol. The van der Waals surface area contributed by atoms with Crippen LogP contribution < -0.4 is 22.9 Å². The summed E-state index contributed by atoms with van der Waals surface area (Å²) in [5, 5.41) is 0. The second-order valence-corrected chi connectivity index (χ2v) is 6.55. The molecule has 0 aliphatic heterocycles. The summed E-state index contributed by atoms with van der Waals surface area (Å²) in [5.74, 6) is 0. The number of benzene rings is 2. The van der Waals surface area contributed by atoms with Crippen molar-refractivity contribution in [3.8, 4) is 0 Å². The number of anilines is 4. The molecule has 0 bridgehead atoms. The molecule has 0 heterocycles. The average molecular weight is 337 g/mol. The first-order chi connectivity index (χ1) is 10.3. The first-order valence-corrected chi connectivity index (χ1v) is 9.14. The van der Waals surface area contributed by atoms with Crippen LogP contribution in [0.2, 0.25) is 0 Å². The highest BCUT2D eigenvalue weighted by atomic mass is 32.2. The molecule has 0 radical (unpaired) electrons. The van der Waals surface area contributed by atoms with Crippen LogP contribution in [0, 0.1) is 13.8 Å². The van der Waals surface area contributed by atoms with E-state index < -0.39 is 0 Å². The van der Waals surface area contributed by atoms with Crippen LogP contribution in [0.25, 0.3) is 0 Å². The van der Waals surface area contributed by atoms with Gasteiger partial charge in [0.1, 0.15) is 0 Å². The SMILES string of the molecule is CSc1cc(SC)c(N)c(C)c1N.Cc1ccc(N)cc1N. The smallest absolute Gasteiger partial charge is 0.0503 e. The minimum atomic E-state index is 0.720. The molecule has 2 aromatic carbocycles. The van der Waals surface area contributed by atoms with Crippen LogP contribution in [0.15, 0.2) is 34.1 Å². The first kappa shape index (κ1) is 18.4. The molecule has 0 fully saturated rings. The Morgan fingerprint density at radius 1 is 0.773 bits per heavy atom. The highest BCUT2D eigenvalue weighted by Crippen LogP contribution is 2.36. The zero-order valence-electron chi connectivity index (χ0n) is 13.4. The van der Waals surface area contributed by atoms with E-state index in [2.05, 4.69) is 0 Å². The van der Waals surface area contributed by atoms with Crippen molar-refractivity contribution in [1.82, 2.24) is 0 Å². The number of rotatable bonds is 2. The number of hydrogen-bond acceptors (Lipinski definition) is 6. The minimum absolute atomic E-state index is 0.720. The van der Waals surface area contributed by atoms with E-state index in [-0.39, 0.29) is 0 Å². The van der Waals surface area contributed by atoms with Crippen LogP contribution in [0.3, 0.4) is 0 Å². The molecule has 120 valence electrons. The Morgan fingerprint density at radius 3 is 1.64 bits per heavy atom. The number of nitrogen functional groups attached to an aromatic ring is 4. The Morgan fingerprint density at radius 2 is 1.27 bits per heavy atom. The van der Waals surface area contributed by atoms with E-state index >= 15 is 0 Å². The maximum Gasteiger partial charge on any atom is 0.0503 e. The fraction of sp³-hybridized carbons (Fsp3) is 0.250. The summed E-state index contributed by atoms with van der Waals surface area (Å²) < 4.78 is 0. The van der Waals surface area contributed by atoms with E-state index in [4.69, 9.17) is 22.9 Å². The molecule has 0 unspecified atom stereocenters. The lowest BCUT2D eigenvalue weighted by Crippen LogP contribution is -1.99. The molecule has 4 nitrogen and oxygen atoms in total. The summed E-state index contributed by atoms with van der Waals surface area (Å²) >= 11 is 3.31. The van der Waals surface area contributed by atoms with Gasteiger partial charge in [0.25, 0.3) is 0 Å². The van der Waals surface area contributed by atoms with Gasteiger partial charge < -0.3 is 22.9 Å². The quantitative estimate of drug-likeness (QED) is 0.492. The van der Waals surface area contributed by atoms with Gasteiger partial charge in [-0.15, -0.1) is 23.5 Å². The maximum atomic E-state index is 5.91. The first-order valence-electron chi connectivity index (χ1n) is 6.69. The third-order valence-electron chi connectivity index (χ3n) is 3.34. The van der Waals surface area contributed by atoms with E-state index in [1.54, 1.807) is 29.6 Å². The normalized spacial score (nSPS) is 10.0. The van der Waals surface area contributed by atoms with E-state index in [9.17, 15) is 0 Å². The molecule has 0 aliphatic rings. The maximum absolute atomic E-state index is 5.91. The van der Waals surface area contributed by atoms with E-state index in [0.717, 1.165) is 43.7 Å².